The number of nitrogens with one attached hydrogen (secondary N) is 1. The van der Waals surface area contributed by atoms with Gasteiger partial charge in [0.15, 0.2) is 17.2 Å². The molecule has 0 aliphatic carbocycles. The Balaban J connectivity index is 1.35. The lowest BCUT2D eigenvalue weighted by Crippen LogP contribution is -2.18. The van der Waals surface area contributed by atoms with Gasteiger partial charge in [-0.1, -0.05) is 28.1 Å². The van der Waals surface area contributed by atoms with Crippen LogP contribution in [0.4, 0.5) is 5.69 Å². The van der Waals surface area contributed by atoms with E-state index in [1.807, 2.05) is 24.3 Å². The molecular formula is C26H22BrN5O5. The first kappa shape index (κ1) is 25.6. The van der Waals surface area contributed by atoms with Crippen molar-refractivity contribution in [1.29, 1.82) is 0 Å². The Bertz CT molecular complexity index is 1420. The molecular weight excluding hydrogens is 542 g/mol. The summed E-state index contributed by atoms with van der Waals surface area (Å²) in [6.45, 7) is 0.729. The summed E-state index contributed by atoms with van der Waals surface area (Å²) in [6.07, 6.45) is 3.22. The summed E-state index contributed by atoms with van der Waals surface area (Å²) >= 11 is 3.41. The summed E-state index contributed by atoms with van der Waals surface area (Å²) in [5, 5.41) is 19.1. The average Bonchev–Trinajstić information content (AvgIpc) is 3.37. The molecule has 10 nitrogen and oxygen atoms in total. The number of hydrogen-bond acceptors (Lipinski definition) is 7. The molecule has 0 aliphatic rings. The Morgan fingerprint density at radius 2 is 1.81 bits per heavy atom. The van der Waals surface area contributed by atoms with Crippen LogP contribution < -0.4 is 14.9 Å². The van der Waals surface area contributed by atoms with Crippen molar-refractivity contribution in [3.05, 3.63) is 116 Å². The molecule has 1 aromatic heterocycles. The van der Waals surface area contributed by atoms with Gasteiger partial charge < -0.3 is 9.47 Å². The van der Waals surface area contributed by atoms with E-state index in [0.717, 1.165) is 15.6 Å². The first-order valence-corrected chi connectivity index (χ1v) is 11.9. The molecule has 1 heterocycles. The highest BCUT2D eigenvalue weighted by atomic mass is 79.9. The number of rotatable bonds is 10. The van der Waals surface area contributed by atoms with Crippen molar-refractivity contribution in [2.75, 3.05) is 7.11 Å². The summed E-state index contributed by atoms with van der Waals surface area (Å²) in [6, 6.07) is 20.8. The standard InChI is InChI=1S/C26H22BrN5O5/c1-36-24-11-6-20(14-25(24)37-17-19-4-9-22(10-5-19)32(34)35)15-28-29-26(33)23-12-13-31(30-23)16-18-2-7-21(27)8-3-18/h2-15H,16-17H2,1H3,(H,29,33)/b28-15+. The highest BCUT2D eigenvalue weighted by molar-refractivity contribution is 9.10. The number of nitrogens with zero attached hydrogens (tertiary/aromatic N) is 4. The molecule has 1 amide bonds. The molecule has 0 saturated heterocycles. The molecule has 0 unspecified atom stereocenters. The Kier molecular flexibility index (Phi) is 8.26. The molecule has 0 spiro atoms. The van der Waals surface area contributed by atoms with Gasteiger partial charge in [0.2, 0.25) is 0 Å². The number of nitro benzene ring substituents is 1. The molecule has 188 valence electrons. The van der Waals surface area contributed by atoms with E-state index in [0.29, 0.717) is 23.6 Å². The Hall–Kier alpha value is -4.51. The van der Waals surface area contributed by atoms with Crippen molar-refractivity contribution in [2.24, 2.45) is 5.10 Å². The minimum atomic E-state index is -0.454. The van der Waals surface area contributed by atoms with Gasteiger partial charge in [-0.15, -0.1) is 0 Å². The maximum atomic E-state index is 12.4. The van der Waals surface area contributed by atoms with E-state index in [9.17, 15) is 14.9 Å². The van der Waals surface area contributed by atoms with Crippen LogP contribution in [0.3, 0.4) is 0 Å². The van der Waals surface area contributed by atoms with E-state index in [1.165, 1.54) is 25.5 Å². The summed E-state index contributed by atoms with van der Waals surface area (Å²) in [4.78, 5) is 22.8. The Labute approximate surface area is 220 Å². The number of hydrogen-bond donors (Lipinski definition) is 1. The van der Waals surface area contributed by atoms with Crippen LogP contribution in [0.1, 0.15) is 27.2 Å². The second kappa shape index (κ2) is 12.0. The second-order valence-corrected chi connectivity index (χ2v) is 8.76. The minimum Gasteiger partial charge on any atom is -0.493 e. The van der Waals surface area contributed by atoms with Crippen molar-refractivity contribution < 1.29 is 19.2 Å². The van der Waals surface area contributed by atoms with Gasteiger partial charge in [-0.05, 0) is 65.2 Å². The predicted molar refractivity (Wildman–Crippen MR) is 141 cm³/mol. The molecule has 0 fully saturated rings. The molecule has 0 atom stereocenters. The lowest BCUT2D eigenvalue weighted by atomic mass is 10.2. The van der Waals surface area contributed by atoms with E-state index < -0.39 is 10.8 Å². The molecule has 0 aliphatic heterocycles. The van der Waals surface area contributed by atoms with E-state index in [2.05, 4.69) is 31.6 Å². The SMILES string of the molecule is COc1ccc(/C=N/NC(=O)c2ccn(Cc3ccc(Br)cc3)n2)cc1OCc1ccc([N+](=O)[O-])cc1. The fourth-order valence-corrected chi connectivity index (χ4v) is 3.60. The first-order valence-electron chi connectivity index (χ1n) is 11.1. The number of methoxy groups -OCH3 is 1. The minimum absolute atomic E-state index is 0.0120. The zero-order valence-electron chi connectivity index (χ0n) is 19.7. The summed E-state index contributed by atoms with van der Waals surface area (Å²) in [5.74, 6) is 0.538. The lowest BCUT2D eigenvalue weighted by molar-refractivity contribution is -0.384. The zero-order chi connectivity index (χ0) is 26.2. The summed E-state index contributed by atoms with van der Waals surface area (Å²) in [7, 11) is 1.53. The molecule has 11 heteroatoms. The van der Waals surface area contributed by atoms with Crippen LogP contribution in [0.5, 0.6) is 11.5 Å². The van der Waals surface area contributed by atoms with Crippen LogP contribution in [0.25, 0.3) is 0 Å². The molecule has 3 aromatic carbocycles. The monoisotopic (exact) mass is 563 g/mol. The molecule has 37 heavy (non-hydrogen) atoms. The van der Waals surface area contributed by atoms with E-state index >= 15 is 0 Å². The van der Waals surface area contributed by atoms with Crippen LogP contribution >= 0.6 is 15.9 Å². The quantitative estimate of drug-likeness (QED) is 0.165. The molecule has 0 saturated carbocycles. The van der Waals surface area contributed by atoms with E-state index in [-0.39, 0.29) is 18.0 Å². The first-order chi connectivity index (χ1) is 17.9. The van der Waals surface area contributed by atoms with Gasteiger partial charge in [-0.3, -0.25) is 19.6 Å². The average molecular weight is 564 g/mol. The van der Waals surface area contributed by atoms with Crippen LogP contribution in [-0.2, 0) is 13.2 Å². The maximum Gasteiger partial charge on any atom is 0.291 e. The third-order valence-corrected chi connectivity index (χ3v) is 5.77. The van der Waals surface area contributed by atoms with Crippen LogP contribution in [0.15, 0.2) is 88.6 Å². The van der Waals surface area contributed by atoms with E-state index in [1.54, 1.807) is 47.3 Å². The number of aromatic nitrogens is 2. The third kappa shape index (κ3) is 7.01. The van der Waals surface area contributed by atoms with Crippen molar-refractivity contribution >= 4 is 33.7 Å². The van der Waals surface area contributed by atoms with Crippen LogP contribution in [0.2, 0.25) is 0 Å². The number of carbonyl (C=O) groups excluding carboxylic acids is 1. The van der Waals surface area contributed by atoms with Crippen molar-refractivity contribution in [1.82, 2.24) is 15.2 Å². The van der Waals surface area contributed by atoms with Crippen molar-refractivity contribution in [3.63, 3.8) is 0 Å². The number of amides is 1. The largest absolute Gasteiger partial charge is 0.493 e. The fourth-order valence-electron chi connectivity index (χ4n) is 3.33. The third-order valence-electron chi connectivity index (χ3n) is 5.24. The molecule has 4 rings (SSSR count). The highest BCUT2D eigenvalue weighted by Crippen LogP contribution is 2.28. The number of halogens is 1. The van der Waals surface area contributed by atoms with Gasteiger partial charge in [0.05, 0.1) is 24.8 Å². The number of ether oxygens (including phenoxy) is 2. The highest BCUT2D eigenvalue weighted by Gasteiger charge is 2.10. The van der Waals surface area contributed by atoms with Crippen LogP contribution in [0, 0.1) is 10.1 Å². The molecule has 4 aromatic rings. The topological polar surface area (TPSA) is 121 Å². The smallest absolute Gasteiger partial charge is 0.291 e. The predicted octanol–water partition coefficient (Wildman–Crippen LogP) is 4.95. The maximum absolute atomic E-state index is 12.4. The zero-order valence-corrected chi connectivity index (χ0v) is 21.3. The van der Waals surface area contributed by atoms with Crippen molar-refractivity contribution in [2.45, 2.75) is 13.2 Å². The number of carbonyl (C=O) groups is 1. The normalized spacial score (nSPS) is 10.9. The number of benzene rings is 3. The van der Waals surface area contributed by atoms with Gasteiger partial charge in [0.1, 0.15) is 6.61 Å². The molecule has 1 N–H and O–H groups in total. The molecule has 0 radical (unpaired) electrons. The number of non-ortho nitro benzene ring substituents is 1. The van der Waals surface area contributed by atoms with Gasteiger partial charge in [-0.25, -0.2) is 5.43 Å². The van der Waals surface area contributed by atoms with Gasteiger partial charge in [0, 0.05) is 22.8 Å². The van der Waals surface area contributed by atoms with E-state index in [4.69, 9.17) is 9.47 Å². The van der Waals surface area contributed by atoms with Crippen LogP contribution in [-0.4, -0.2) is 33.9 Å². The Morgan fingerprint density at radius 3 is 2.51 bits per heavy atom. The summed E-state index contributed by atoms with van der Waals surface area (Å²) < 4.78 is 13.9. The van der Waals surface area contributed by atoms with Gasteiger partial charge in [-0.2, -0.15) is 10.2 Å². The summed E-state index contributed by atoms with van der Waals surface area (Å²) in [5.41, 5.74) is 5.22. The fraction of sp³-hybridized carbons (Fsp3) is 0.115. The second-order valence-electron chi connectivity index (χ2n) is 7.85. The Morgan fingerprint density at radius 1 is 1.08 bits per heavy atom. The number of nitro groups is 1. The molecule has 0 bridgehead atoms. The number of hydrazone groups is 1. The lowest BCUT2D eigenvalue weighted by Gasteiger charge is -2.11. The van der Waals surface area contributed by atoms with Gasteiger partial charge >= 0.3 is 0 Å². The van der Waals surface area contributed by atoms with Gasteiger partial charge in [0.25, 0.3) is 11.6 Å². The van der Waals surface area contributed by atoms with Crippen molar-refractivity contribution in [3.8, 4) is 11.5 Å².